The zero-order valence-corrected chi connectivity index (χ0v) is 14.0. The second-order valence-electron chi connectivity index (χ2n) is 6.00. The molecule has 0 heterocycles. The molecule has 0 saturated carbocycles. The Morgan fingerprint density at radius 1 is 1.00 bits per heavy atom. The Balaban J connectivity index is 2.03. The molecule has 0 unspecified atom stereocenters. The van der Waals surface area contributed by atoms with Gasteiger partial charge in [0.15, 0.2) is 0 Å². The van der Waals surface area contributed by atoms with Crippen LogP contribution in [0, 0.1) is 0 Å². The van der Waals surface area contributed by atoms with Crippen LogP contribution in [0.5, 0.6) is 0 Å². The van der Waals surface area contributed by atoms with Crippen molar-refractivity contribution in [2.24, 2.45) is 5.73 Å². The van der Waals surface area contributed by atoms with Gasteiger partial charge in [0.2, 0.25) is 11.8 Å². The average Bonchev–Trinajstić information content (AvgIpc) is 2.54. The molecule has 0 aliphatic rings. The number of nitrogens with one attached hydrogen (secondary N) is 1. The molecule has 0 aromatic heterocycles. The third-order valence-corrected chi connectivity index (χ3v) is 3.80. The fraction of sp³-hybridized carbons (Fsp3) is 0.263. The molecular weight excluding hydrogens is 302 g/mol. The van der Waals surface area contributed by atoms with E-state index >= 15 is 0 Å². The Morgan fingerprint density at radius 2 is 1.62 bits per heavy atom. The van der Waals surface area contributed by atoms with Crippen LogP contribution in [0.1, 0.15) is 11.1 Å². The first-order valence-electron chi connectivity index (χ1n) is 7.84. The van der Waals surface area contributed by atoms with Crippen molar-refractivity contribution in [3.8, 4) is 0 Å². The summed E-state index contributed by atoms with van der Waals surface area (Å²) in [4.78, 5) is 25.4. The molecule has 0 aliphatic heterocycles. The fourth-order valence-electron chi connectivity index (χ4n) is 2.48. The zero-order valence-electron chi connectivity index (χ0n) is 14.0. The van der Waals surface area contributed by atoms with Crippen molar-refractivity contribution in [1.29, 1.82) is 0 Å². The molecule has 3 N–H and O–H groups in total. The predicted molar refractivity (Wildman–Crippen MR) is 95.6 cm³/mol. The van der Waals surface area contributed by atoms with Crippen molar-refractivity contribution in [2.75, 3.05) is 19.4 Å². The Labute approximate surface area is 142 Å². The van der Waals surface area contributed by atoms with Gasteiger partial charge in [-0.25, -0.2) is 0 Å². The van der Waals surface area contributed by atoms with Crippen LogP contribution in [0.2, 0.25) is 0 Å². The van der Waals surface area contributed by atoms with E-state index in [0.717, 1.165) is 11.1 Å². The van der Waals surface area contributed by atoms with E-state index in [0.29, 0.717) is 12.1 Å². The minimum atomic E-state index is -0.373. The van der Waals surface area contributed by atoms with Crippen LogP contribution in [-0.4, -0.2) is 36.9 Å². The highest BCUT2D eigenvalue weighted by Gasteiger charge is 2.21. The molecule has 0 bridgehead atoms. The minimum Gasteiger partial charge on any atom is -0.369 e. The molecule has 2 rings (SSSR count). The van der Waals surface area contributed by atoms with Gasteiger partial charge in [0.25, 0.3) is 0 Å². The van der Waals surface area contributed by atoms with Crippen molar-refractivity contribution in [1.82, 2.24) is 4.90 Å². The van der Waals surface area contributed by atoms with Crippen LogP contribution in [0.4, 0.5) is 5.69 Å². The fourth-order valence-corrected chi connectivity index (χ4v) is 2.48. The van der Waals surface area contributed by atoms with Crippen LogP contribution in [0.15, 0.2) is 54.6 Å². The first kappa shape index (κ1) is 17.7. The number of primary amides is 1. The standard InChI is InChI=1S/C19H23N3O2/c1-22(2)17(12-14-6-4-3-5-7-14)19(24)21-16-10-8-15(9-11-16)13-18(20)23/h3-11,17H,12-13H2,1-2H3,(H2,20,23)(H,21,24)/t17-/m0/s1. The van der Waals surface area contributed by atoms with Crippen molar-refractivity contribution in [3.05, 3.63) is 65.7 Å². The Kier molecular flexibility index (Phi) is 6.09. The monoisotopic (exact) mass is 325 g/mol. The number of anilines is 1. The number of nitrogens with zero attached hydrogens (tertiary/aromatic N) is 1. The van der Waals surface area contributed by atoms with Crippen LogP contribution >= 0.6 is 0 Å². The highest BCUT2D eigenvalue weighted by molar-refractivity contribution is 5.95. The molecule has 2 amide bonds. The zero-order chi connectivity index (χ0) is 17.5. The van der Waals surface area contributed by atoms with Crippen molar-refractivity contribution in [3.63, 3.8) is 0 Å². The summed E-state index contributed by atoms with van der Waals surface area (Å²) in [5.74, 6) is -0.436. The molecule has 0 aliphatic carbocycles. The lowest BCUT2D eigenvalue weighted by Gasteiger charge is -2.23. The summed E-state index contributed by atoms with van der Waals surface area (Å²) in [6.07, 6.45) is 0.835. The number of carbonyl (C=O) groups excluding carboxylic acids is 2. The van der Waals surface area contributed by atoms with E-state index in [9.17, 15) is 9.59 Å². The first-order chi connectivity index (χ1) is 11.5. The van der Waals surface area contributed by atoms with Crippen molar-refractivity contribution in [2.45, 2.75) is 18.9 Å². The van der Waals surface area contributed by atoms with Crippen LogP contribution < -0.4 is 11.1 Å². The highest BCUT2D eigenvalue weighted by Crippen LogP contribution is 2.13. The summed E-state index contributed by atoms with van der Waals surface area (Å²) in [6, 6.07) is 16.8. The van der Waals surface area contributed by atoms with Crippen molar-refractivity contribution < 1.29 is 9.59 Å². The minimum absolute atomic E-state index is 0.0634. The maximum Gasteiger partial charge on any atom is 0.242 e. The van der Waals surface area contributed by atoms with Gasteiger partial charge in [-0.1, -0.05) is 42.5 Å². The lowest BCUT2D eigenvalue weighted by Crippen LogP contribution is -2.41. The maximum atomic E-state index is 12.6. The third-order valence-electron chi connectivity index (χ3n) is 3.80. The van der Waals surface area contributed by atoms with E-state index in [-0.39, 0.29) is 24.3 Å². The Bertz CT molecular complexity index is 682. The van der Waals surface area contributed by atoms with E-state index in [1.807, 2.05) is 49.3 Å². The molecule has 0 radical (unpaired) electrons. The number of likely N-dealkylation sites (N-methyl/N-ethyl adjacent to an activating group) is 1. The largest absolute Gasteiger partial charge is 0.369 e. The summed E-state index contributed by atoms with van der Waals surface area (Å²) >= 11 is 0. The van der Waals surface area contributed by atoms with E-state index in [2.05, 4.69) is 5.32 Å². The van der Waals surface area contributed by atoms with E-state index in [1.54, 1.807) is 24.3 Å². The molecule has 0 saturated heterocycles. The molecule has 2 aromatic rings. The molecule has 2 aromatic carbocycles. The summed E-state index contributed by atoms with van der Waals surface area (Å²) in [7, 11) is 3.78. The lowest BCUT2D eigenvalue weighted by molar-refractivity contribution is -0.120. The molecule has 0 spiro atoms. The van der Waals surface area contributed by atoms with Gasteiger partial charge in [-0.3, -0.25) is 14.5 Å². The SMILES string of the molecule is CN(C)[C@@H](Cc1ccccc1)C(=O)Nc1ccc(CC(N)=O)cc1. The number of nitrogens with two attached hydrogens (primary N) is 1. The smallest absolute Gasteiger partial charge is 0.242 e. The first-order valence-corrected chi connectivity index (χ1v) is 7.84. The average molecular weight is 325 g/mol. The Morgan fingerprint density at radius 3 is 2.17 bits per heavy atom. The number of amides is 2. The topological polar surface area (TPSA) is 75.4 Å². The van der Waals surface area contributed by atoms with Gasteiger partial charge in [-0.15, -0.1) is 0 Å². The number of carbonyl (C=O) groups is 2. The van der Waals surface area contributed by atoms with Gasteiger partial charge in [-0.2, -0.15) is 0 Å². The quantitative estimate of drug-likeness (QED) is 0.815. The van der Waals surface area contributed by atoms with E-state index in [4.69, 9.17) is 5.73 Å². The lowest BCUT2D eigenvalue weighted by atomic mass is 10.0. The van der Waals surface area contributed by atoms with E-state index in [1.165, 1.54) is 0 Å². The summed E-state index contributed by atoms with van der Waals surface area (Å²) in [5, 5.41) is 2.93. The molecule has 5 heteroatoms. The molecular formula is C19H23N3O2. The summed E-state index contributed by atoms with van der Waals surface area (Å²) in [6.45, 7) is 0. The molecule has 126 valence electrons. The van der Waals surface area contributed by atoms with Gasteiger partial charge in [-0.05, 0) is 43.8 Å². The van der Waals surface area contributed by atoms with Gasteiger partial charge >= 0.3 is 0 Å². The number of rotatable bonds is 7. The predicted octanol–water partition coefficient (Wildman–Crippen LogP) is 1.83. The third kappa shape index (κ3) is 5.21. The summed E-state index contributed by atoms with van der Waals surface area (Å²) in [5.41, 5.74) is 7.82. The second-order valence-corrected chi connectivity index (χ2v) is 6.00. The van der Waals surface area contributed by atoms with Gasteiger partial charge in [0.05, 0.1) is 12.5 Å². The maximum absolute atomic E-state index is 12.6. The molecule has 5 nitrogen and oxygen atoms in total. The Hall–Kier alpha value is -2.66. The normalized spacial score (nSPS) is 12.0. The van der Waals surface area contributed by atoms with E-state index < -0.39 is 0 Å². The van der Waals surface area contributed by atoms with Gasteiger partial charge < -0.3 is 11.1 Å². The van der Waals surface area contributed by atoms with Crippen LogP contribution in [-0.2, 0) is 22.4 Å². The van der Waals surface area contributed by atoms with Gasteiger partial charge in [0, 0.05) is 5.69 Å². The van der Waals surface area contributed by atoms with Crippen LogP contribution in [0.3, 0.4) is 0 Å². The van der Waals surface area contributed by atoms with Crippen LogP contribution in [0.25, 0.3) is 0 Å². The number of benzene rings is 2. The second kappa shape index (κ2) is 8.26. The molecule has 0 fully saturated rings. The number of hydrogen-bond donors (Lipinski definition) is 2. The van der Waals surface area contributed by atoms with Gasteiger partial charge in [0.1, 0.15) is 0 Å². The highest BCUT2D eigenvalue weighted by atomic mass is 16.2. The molecule has 1 atom stereocenters. The molecule has 24 heavy (non-hydrogen) atoms. The number of hydrogen-bond acceptors (Lipinski definition) is 3. The van der Waals surface area contributed by atoms with Crippen molar-refractivity contribution >= 4 is 17.5 Å². The summed E-state index contributed by atoms with van der Waals surface area (Å²) < 4.78 is 0.